The molecule has 1 saturated carbocycles. The molecule has 1 N–H and O–H groups in total. The number of amides is 1. The summed E-state index contributed by atoms with van der Waals surface area (Å²) in [5, 5.41) is 3.76. The Morgan fingerprint density at radius 1 is 1.24 bits per heavy atom. The lowest BCUT2D eigenvalue weighted by atomic mass is 9.89. The molecule has 110 valence electrons. The van der Waals surface area contributed by atoms with Crippen LogP contribution in [0.5, 0.6) is 5.88 Å². The van der Waals surface area contributed by atoms with Crippen LogP contribution in [-0.4, -0.2) is 22.6 Å². The summed E-state index contributed by atoms with van der Waals surface area (Å²) in [6.07, 6.45) is 9.21. The van der Waals surface area contributed by atoms with Crippen LogP contribution < -0.4 is 10.1 Å². The number of rotatable bonds is 3. The molecular weight excluding hydrogens is 266 g/mol. The van der Waals surface area contributed by atoms with Gasteiger partial charge in [-0.2, -0.15) is 0 Å². The summed E-state index contributed by atoms with van der Waals surface area (Å²) in [6, 6.07) is 5.32. The van der Waals surface area contributed by atoms with Gasteiger partial charge in [0.05, 0.1) is 5.52 Å². The Balaban J connectivity index is 1.55. The first-order valence-corrected chi connectivity index (χ1v) is 7.48. The van der Waals surface area contributed by atoms with Crippen LogP contribution in [-0.2, 0) is 0 Å². The van der Waals surface area contributed by atoms with E-state index in [9.17, 15) is 4.79 Å². The second-order valence-electron chi connectivity index (χ2n) is 5.49. The molecule has 0 saturated heterocycles. The van der Waals surface area contributed by atoms with Crippen molar-refractivity contribution in [3.8, 4) is 5.88 Å². The smallest absolute Gasteiger partial charge is 0.391 e. The van der Waals surface area contributed by atoms with Gasteiger partial charge in [-0.05, 0) is 30.9 Å². The highest BCUT2D eigenvalue weighted by Gasteiger charge is 2.15. The van der Waals surface area contributed by atoms with E-state index in [0.717, 1.165) is 10.9 Å². The van der Waals surface area contributed by atoms with E-state index >= 15 is 0 Å². The summed E-state index contributed by atoms with van der Waals surface area (Å²) in [6.45, 7) is 0.691. The van der Waals surface area contributed by atoms with E-state index in [1.165, 1.54) is 32.1 Å². The molecule has 1 aliphatic rings. The van der Waals surface area contributed by atoms with Crippen LogP contribution in [0, 0.1) is 5.92 Å². The number of hydrogen-bond acceptors (Lipinski definition) is 4. The summed E-state index contributed by atoms with van der Waals surface area (Å²) in [4.78, 5) is 20.1. The molecule has 3 rings (SSSR count). The molecular formula is C16H19N3O2. The van der Waals surface area contributed by atoms with Crippen LogP contribution in [0.3, 0.4) is 0 Å². The maximum Gasteiger partial charge on any atom is 0.413 e. The number of ether oxygens (including phenoxy) is 1. The van der Waals surface area contributed by atoms with E-state index in [-0.39, 0.29) is 0 Å². The van der Waals surface area contributed by atoms with Crippen LogP contribution in [0.2, 0.25) is 0 Å². The fourth-order valence-corrected chi connectivity index (χ4v) is 2.75. The number of aromatic nitrogens is 2. The zero-order valence-electron chi connectivity index (χ0n) is 11.9. The highest BCUT2D eigenvalue weighted by Crippen LogP contribution is 2.22. The molecule has 0 radical (unpaired) electrons. The molecule has 2 heterocycles. The fraction of sp³-hybridized carbons (Fsp3) is 0.438. The zero-order chi connectivity index (χ0) is 14.5. The Morgan fingerprint density at radius 2 is 2.10 bits per heavy atom. The zero-order valence-corrected chi connectivity index (χ0v) is 11.9. The monoisotopic (exact) mass is 285 g/mol. The molecule has 21 heavy (non-hydrogen) atoms. The number of hydrogen-bond donors (Lipinski definition) is 1. The first-order chi connectivity index (χ1) is 10.3. The van der Waals surface area contributed by atoms with Gasteiger partial charge in [0.2, 0.25) is 5.88 Å². The molecule has 0 bridgehead atoms. The van der Waals surface area contributed by atoms with Crippen LogP contribution in [0.1, 0.15) is 32.1 Å². The van der Waals surface area contributed by atoms with Crippen molar-refractivity contribution in [1.29, 1.82) is 0 Å². The largest absolute Gasteiger partial charge is 0.413 e. The molecule has 0 unspecified atom stereocenters. The van der Waals surface area contributed by atoms with Gasteiger partial charge >= 0.3 is 6.09 Å². The Bertz CT molecular complexity index is 624. The van der Waals surface area contributed by atoms with Crippen molar-refractivity contribution in [2.75, 3.05) is 6.54 Å². The molecule has 0 aliphatic heterocycles. The average molecular weight is 285 g/mol. The Morgan fingerprint density at radius 3 is 2.95 bits per heavy atom. The third kappa shape index (κ3) is 3.68. The van der Waals surface area contributed by atoms with Gasteiger partial charge in [-0.25, -0.2) is 9.78 Å². The lowest BCUT2D eigenvalue weighted by molar-refractivity contribution is 0.194. The number of fused-ring (bicyclic) bond motifs is 1. The number of pyridine rings is 2. The molecule has 1 aliphatic carbocycles. The van der Waals surface area contributed by atoms with Gasteiger partial charge in [-0.1, -0.05) is 19.3 Å². The minimum atomic E-state index is -0.429. The minimum Gasteiger partial charge on any atom is -0.391 e. The highest BCUT2D eigenvalue weighted by atomic mass is 16.6. The van der Waals surface area contributed by atoms with Gasteiger partial charge in [-0.15, -0.1) is 0 Å². The van der Waals surface area contributed by atoms with Crippen molar-refractivity contribution in [2.45, 2.75) is 32.1 Å². The molecule has 5 heteroatoms. The third-order valence-electron chi connectivity index (χ3n) is 3.92. The van der Waals surface area contributed by atoms with Crippen LogP contribution in [0.4, 0.5) is 4.79 Å². The summed E-state index contributed by atoms with van der Waals surface area (Å²) in [5.41, 5.74) is 0.766. The summed E-state index contributed by atoms with van der Waals surface area (Å²) >= 11 is 0. The first-order valence-electron chi connectivity index (χ1n) is 7.48. The molecule has 1 fully saturated rings. The number of carbonyl (C=O) groups is 1. The van der Waals surface area contributed by atoms with Crippen molar-refractivity contribution >= 4 is 17.0 Å². The van der Waals surface area contributed by atoms with Gasteiger partial charge in [0.1, 0.15) is 0 Å². The van der Waals surface area contributed by atoms with Crippen LogP contribution >= 0.6 is 0 Å². The van der Waals surface area contributed by atoms with Crippen molar-refractivity contribution in [2.24, 2.45) is 5.92 Å². The molecule has 1 amide bonds. The average Bonchev–Trinajstić information content (AvgIpc) is 2.54. The van der Waals surface area contributed by atoms with Crippen LogP contribution in [0.15, 0.2) is 30.6 Å². The van der Waals surface area contributed by atoms with Gasteiger partial charge in [-0.3, -0.25) is 4.98 Å². The molecule has 2 aromatic heterocycles. The Kier molecular flexibility index (Phi) is 4.28. The predicted molar refractivity (Wildman–Crippen MR) is 80.1 cm³/mol. The molecule has 5 nitrogen and oxygen atoms in total. The second-order valence-corrected chi connectivity index (χ2v) is 5.49. The van der Waals surface area contributed by atoms with E-state index in [4.69, 9.17) is 4.74 Å². The fourth-order valence-electron chi connectivity index (χ4n) is 2.75. The molecule has 0 spiro atoms. The lowest BCUT2D eigenvalue weighted by Gasteiger charge is -2.21. The number of nitrogens with zero attached hydrogens (tertiary/aromatic N) is 2. The van der Waals surface area contributed by atoms with E-state index in [1.54, 1.807) is 24.5 Å². The van der Waals surface area contributed by atoms with Crippen molar-refractivity contribution < 1.29 is 9.53 Å². The Hall–Kier alpha value is -2.17. The standard InChI is InChI=1S/C16H19N3O2/c20-16(18-10-12-4-2-1-3-5-12)21-15-7-6-13-11-17-9-8-14(13)19-15/h6-9,11-12H,1-5,10H2,(H,18,20). The van der Waals surface area contributed by atoms with Gasteiger partial charge in [0.15, 0.2) is 0 Å². The van der Waals surface area contributed by atoms with Gasteiger partial charge in [0.25, 0.3) is 0 Å². The van der Waals surface area contributed by atoms with E-state index in [1.807, 2.05) is 6.07 Å². The third-order valence-corrected chi connectivity index (χ3v) is 3.92. The lowest BCUT2D eigenvalue weighted by Crippen LogP contribution is -2.32. The summed E-state index contributed by atoms with van der Waals surface area (Å²) in [7, 11) is 0. The molecule has 2 aromatic rings. The Labute approximate surface area is 123 Å². The summed E-state index contributed by atoms with van der Waals surface area (Å²) < 4.78 is 5.23. The SMILES string of the molecule is O=C(NCC1CCCCC1)Oc1ccc2cnccc2n1. The predicted octanol–water partition coefficient (Wildman–Crippen LogP) is 3.30. The quantitative estimate of drug-likeness (QED) is 0.939. The van der Waals surface area contributed by atoms with E-state index in [2.05, 4.69) is 15.3 Å². The van der Waals surface area contributed by atoms with Crippen LogP contribution in [0.25, 0.3) is 10.9 Å². The minimum absolute atomic E-state index is 0.315. The highest BCUT2D eigenvalue weighted by molar-refractivity contribution is 5.78. The van der Waals surface area contributed by atoms with Crippen molar-refractivity contribution in [1.82, 2.24) is 15.3 Å². The summed E-state index contributed by atoms with van der Waals surface area (Å²) in [5.74, 6) is 0.900. The first kappa shape index (κ1) is 13.8. The molecule has 0 atom stereocenters. The normalized spacial score (nSPS) is 15.8. The maximum atomic E-state index is 11.8. The van der Waals surface area contributed by atoms with E-state index < -0.39 is 6.09 Å². The topological polar surface area (TPSA) is 64.1 Å². The molecule has 0 aromatic carbocycles. The number of nitrogens with one attached hydrogen (secondary N) is 1. The van der Waals surface area contributed by atoms with Crippen molar-refractivity contribution in [3.05, 3.63) is 30.6 Å². The number of carbonyl (C=O) groups excluding carboxylic acids is 1. The van der Waals surface area contributed by atoms with Gasteiger partial charge in [0, 0.05) is 30.4 Å². The van der Waals surface area contributed by atoms with E-state index in [0.29, 0.717) is 18.3 Å². The maximum absolute atomic E-state index is 11.8. The second kappa shape index (κ2) is 6.52. The van der Waals surface area contributed by atoms with Crippen molar-refractivity contribution in [3.63, 3.8) is 0 Å². The van der Waals surface area contributed by atoms with Gasteiger partial charge < -0.3 is 10.1 Å².